The molecule has 1 aliphatic rings. The van der Waals surface area contributed by atoms with Gasteiger partial charge in [-0.25, -0.2) is 4.98 Å². The number of carbonyl (C=O) groups is 1. The number of fused-ring (bicyclic) bond motifs is 2. The summed E-state index contributed by atoms with van der Waals surface area (Å²) < 4.78 is 5.13. The average molecular weight is 391 g/mol. The summed E-state index contributed by atoms with van der Waals surface area (Å²) in [4.78, 5) is 18.4. The fourth-order valence-corrected chi connectivity index (χ4v) is 3.55. The summed E-state index contributed by atoms with van der Waals surface area (Å²) in [5.41, 5.74) is 5.99. The van der Waals surface area contributed by atoms with Crippen LogP contribution in [0, 0.1) is 0 Å². The van der Waals surface area contributed by atoms with Crippen LogP contribution >= 0.6 is 11.6 Å². The fourth-order valence-electron chi connectivity index (χ4n) is 3.37. The van der Waals surface area contributed by atoms with E-state index in [1.165, 1.54) is 0 Å². The zero-order valence-electron chi connectivity index (χ0n) is 15.6. The number of aromatic nitrogens is 1. The molecule has 2 heterocycles. The molecule has 0 bridgehead atoms. The Labute approximate surface area is 169 Å². The van der Waals surface area contributed by atoms with Gasteiger partial charge in [0.1, 0.15) is 0 Å². The first-order valence-corrected chi connectivity index (χ1v) is 9.32. The second-order valence-corrected chi connectivity index (χ2v) is 7.08. The predicted octanol–water partition coefficient (Wildman–Crippen LogP) is 5.45. The minimum Gasteiger partial charge on any atom is -0.481 e. The summed E-state index contributed by atoms with van der Waals surface area (Å²) in [5.74, 6) is 0.578. The van der Waals surface area contributed by atoms with Gasteiger partial charge in [-0.2, -0.15) is 0 Å². The molecule has 4 rings (SSSR count). The Balaban J connectivity index is 1.79. The summed E-state index contributed by atoms with van der Waals surface area (Å²) >= 11 is 6.17. The monoisotopic (exact) mass is 390 g/mol. The smallest absolute Gasteiger partial charge is 0.224 e. The van der Waals surface area contributed by atoms with Gasteiger partial charge in [0.2, 0.25) is 11.8 Å². The highest BCUT2D eigenvalue weighted by Crippen LogP contribution is 2.32. The molecule has 0 atom stereocenters. The van der Waals surface area contributed by atoms with Crippen LogP contribution in [0.3, 0.4) is 0 Å². The van der Waals surface area contributed by atoms with Crippen molar-refractivity contribution in [1.82, 2.24) is 4.98 Å². The summed E-state index contributed by atoms with van der Waals surface area (Å²) in [6.45, 7) is 2.09. The van der Waals surface area contributed by atoms with E-state index in [2.05, 4.69) is 29.3 Å². The molecule has 28 heavy (non-hydrogen) atoms. The van der Waals surface area contributed by atoms with Crippen molar-refractivity contribution >= 4 is 35.3 Å². The molecule has 1 aliphatic heterocycles. The summed E-state index contributed by atoms with van der Waals surface area (Å²) in [6.07, 6.45) is 5.87. The van der Waals surface area contributed by atoms with E-state index in [1.54, 1.807) is 25.1 Å². The van der Waals surface area contributed by atoms with Gasteiger partial charge in [-0.15, -0.1) is 0 Å². The Bertz CT molecular complexity index is 1070. The first-order valence-electron chi connectivity index (χ1n) is 8.94. The van der Waals surface area contributed by atoms with Crippen molar-refractivity contribution in [2.45, 2.75) is 13.5 Å². The normalized spacial score (nSPS) is 13.8. The number of benzene rings is 2. The lowest BCUT2D eigenvalue weighted by atomic mass is 9.96. The van der Waals surface area contributed by atoms with E-state index >= 15 is 0 Å². The molecule has 3 aromatic rings. The van der Waals surface area contributed by atoms with Gasteiger partial charge in [0.05, 0.1) is 19.3 Å². The van der Waals surface area contributed by atoms with Gasteiger partial charge in [-0.3, -0.25) is 4.79 Å². The van der Waals surface area contributed by atoms with Crippen LogP contribution in [-0.4, -0.2) is 18.0 Å². The van der Waals surface area contributed by atoms with Crippen LogP contribution in [0.25, 0.3) is 23.3 Å². The number of methoxy groups -OCH3 is 1. The molecule has 0 radical (unpaired) electrons. The van der Waals surface area contributed by atoms with Crippen molar-refractivity contribution in [2.75, 3.05) is 12.0 Å². The Morgan fingerprint density at radius 2 is 1.82 bits per heavy atom. The third kappa shape index (κ3) is 3.51. The molecule has 140 valence electrons. The van der Waals surface area contributed by atoms with Crippen LogP contribution in [0.5, 0.6) is 5.88 Å². The molecular weight excluding hydrogens is 372 g/mol. The maximum atomic E-state index is 12.3. The van der Waals surface area contributed by atoms with E-state index in [0.29, 0.717) is 17.4 Å². The summed E-state index contributed by atoms with van der Waals surface area (Å²) in [7, 11) is 1.60. The van der Waals surface area contributed by atoms with E-state index in [-0.39, 0.29) is 5.91 Å². The fraction of sp³-hybridized carbons (Fsp3) is 0.130. The minimum atomic E-state index is -0.00625. The molecule has 5 heteroatoms. The number of anilines is 1. The lowest BCUT2D eigenvalue weighted by molar-refractivity contribution is -0.116. The average Bonchev–Trinajstić information content (AvgIpc) is 2.69. The first-order chi connectivity index (χ1) is 13.5. The second-order valence-electron chi connectivity index (χ2n) is 6.64. The zero-order chi connectivity index (χ0) is 19.7. The molecule has 4 nitrogen and oxygen atoms in total. The lowest BCUT2D eigenvalue weighted by Gasteiger charge is -2.26. The van der Waals surface area contributed by atoms with E-state index in [9.17, 15) is 4.79 Å². The zero-order valence-corrected chi connectivity index (χ0v) is 16.4. The van der Waals surface area contributed by atoms with Crippen LogP contribution in [0.1, 0.15) is 23.6 Å². The molecule has 2 aromatic carbocycles. The van der Waals surface area contributed by atoms with Crippen molar-refractivity contribution in [1.29, 1.82) is 0 Å². The van der Waals surface area contributed by atoms with E-state index in [4.69, 9.17) is 16.3 Å². The largest absolute Gasteiger partial charge is 0.481 e. The van der Waals surface area contributed by atoms with Crippen LogP contribution < -0.4 is 9.64 Å². The minimum absolute atomic E-state index is 0.00625. The molecular formula is C23H19ClN2O2. The van der Waals surface area contributed by atoms with Gasteiger partial charge < -0.3 is 9.64 Å². The molecule has 0 aliphatic carbocycles. The molecule has 0 unspecified atom stereocenters. The Hall–Kier alpha value is -3.11. The van der Waals surface area contributed by atoms with Crippen molar-refractivity contribution in [2.24, 2.45) is 0 Å². The van der Waals surface area contributed by atoms with Crippen LogP contribution in [0.4, 0.5) is 5.69 Å². The number of hydrogen-bond donors (Lipinski definition) is 0. The highest BCUT2D eigenvalue weighted by atomic mass is 35.5. The highest BCUT2D eigenvalue weighted by Gasteiger charge is 2.19. The molecule has 0 saturated carbocycles. The molecule has 0 N–H and O–H groups in total. The molecule has 1 amide bonds. The van der Waals surface area contributed by atoms with Crippen LogP contribution in [0.2, 0.25) is 5.02 Å². The Kier molecular flexibility index (Phi) is 4.88. The van der Waals surface area contributed by atoms with Crippen molar-refractivity contribution < 1.29 is 9.53 Å². The Morgan fingerprint density at radius 1 is 1.04 bits per heavy atom. The quantitative estimate of drug-likeness (QED) is 0.584. The van der Waals surface area contributed by atoms with Gasteiger partial charge >= 0.3 is 0 Å². The predicted molar refractivity (Wildman–Crippen MR) is 113 cm³/mol. The van der Waals surface area contributed by atoms with Gasteiger partial charge in [0.25, 0.3) is 0 Å². The van der Waals surface area contributed by atoms with Gasteiger partial charge in [-0.05, 0) is 52.6 Å². The third-order valence-electron chi connectivity index (χ3n) is 4.86. The van der Waals surface area contributed by atoms with Gasteiger partial charge in [0, 0.05) is 29.8 Å². The number of hydrogen-bond acceptors (Lipinski definition) is 3. The molecule has 1 aromatic heterocycles. The van der Waals surface area contributed by atoms with Crippen molar-refractivity contribution in [3.8, 4) is 17.0 Å². The number of rotatable bonds is 2. The SMILES string of the molecule is COc1ccc(-c2ccc3c(c2)/C=C\c2cc(Cl)ccc2N(C(C)=O)C3)cn1. The van der Waals surface area contributed by atoms with Gasteiger partial charge in [-0.1, -0.05) is 35.9 Å². The third-order valence-corrected chi connectivity index (χ3v) is 5.09. The Morgan fingerprint density at radius 3 is 2.54 bits per heavy atom. The standard InChI is InChI=1S/C23H19ClN2O2/c1-15(27)26-14-20-6-4-16(19-7-10-23(28-2)25-13-19)11-17(20)3-5-18-12-21(24)8-9-22(18)26/h3-13H,14H2,1-2H3/b5-3-. The second kappa shape index (κ2) is 7.49. The van der Waals surface area contributed by atoms with Crippen LogP contribution in [0.15, 0.2) is 54.7 Å². The lowest BCUT2D eigenvalue weighted by Crippen LogP contribution is -2.29. The number of carbonyl (C=O) groups excluding carboxylic acids is 1. The molecule has 0 spiro atoms. The number of pyridine rings is 1. The number of nitrogens with zero attached hydrogens (tertiary/aromatic N) is 2. The first kappa shape index (κ1) is 18.3. The topological polar surface area (TPSA) is 42.4 Å². The maximum absolute atomic E-state index is 12.3. The summed E-state index contributed by atoms with van der Waals surface area (Å²) in [6, 6.07) is 15.6. The molecule has 0 saturated heterocycles. The van der Waals surface area contributed by atoms with Crippen molar-refractivity contribution in [3.05, 3.63) is 76.4 Å². The maximum Gasteiger partial charge on any atom is 0.224 e. The number of amides is 1. The van der Waals surface area contributed by atoms with E-state index in [1.807, 2.05) is 36.4 Å². The highest BCUT2D eigenvalue weighted by molar-refractivity contribution is 6.30. The number of halogens is 1. The molecule has 0 fully saturated rings. The number of ether oxygens (including phenoxy) is 1. The van der Waals surface area contributed by atoms with E-state index < -0.39 is 0 Å². The van der Waals surface area contributed by atoms with E-state index in [0.717, 1.165) is 33.5 Å². The van der Waals surface area contributed by atoms with Gasteiger partial charge in [0.15, 0.2) is 0 Å². The van der Waals surface area contributed by atoms with Crippen molar-refractivity contribution in [3.63, 3.8) is 0 Å². The van der Waals surface area contributed by atoms with Crippen LogP contribution in [-0.2, 0) is 11.3 Å². The summed E-state index contributed by atoms with van der Waals surface area (Å²) in [5, 5.41) is 0.644.